The molecule has 1 heterocycles. The van der Waals surface area contributed by atoms with Gasteiger partial charge in [0.05, 0.1) is 0 Å². The Bertz CT molecular complexity index is 434. The van der Waals surface area contributed by atoms with Gasteiger partial charge in [-0.1, -0.05) is 50.3 Å². The molecule has 0 saturated heterocycles. The molecule has 0 unspecified atom stereocenters. The van der Waals surface area contributed by atoms with E-state index in [0.29, 0.717) is 12.0 Å². The van der Waals surface area contributed by atoms with E-state index in [-0.39, 0.29) is 12.4 Å². The van der Waals surface area contributed by atoms with E-state index in [1.807, 2.05) is 0 Å². The lowest BCUT2D eigenvalue weighted by molar-refractivity contribution is -0.584. The molecular weight excluding hydrogens is 242 g/mol. The van der Waals surface area contributed by atoms with Crippen LogP contribution in [-0.2, 0) is 6.54 Å². The predicted octanol–water partition coefficient (Wildman–Crippen LogP) is 0.648. The van der Waals surface area contributed by atoms with E-state index in [1.54, 1.807) is 0 Å². The molecule has 18 heavy (non-hydrogen) atoms. The Kier molecular flexibility index (Phi) is 5.61. The van der Waals surface area contributed by atoms with Gasteiger partial charge in [-0.2, -0.15) is 0 Å². The topological polar surface area (TPSA) is 3.01 Å². The second-order valence-electron chi connectivity index (χ2n) is 5.03. The minimum atomic E-state index is 0. The Balaban J connectivity index is 0.00000162. The summed E-state index contributed by atoms with van der Waals surface area (Å²) in [5.74, 6) is 0.647. The summed E-state index contributed by atoms with van der Waals surface area (Å²) in [4.78, 5) is 0. The third-order valence-corrected chi connectivity index (χ3v) is 3.55. The second-order valence-corrected chi connectivity index (χ2v) is 5.03. The number of nitrogens with zero attached hydrogens (tertiary/aromatic N) is 1. The molecule has 0 aliphatic carbocycles. The maximum Gasteiger partial charge on any atom is 0.168 e. The van der Waals surface area contributed by atoms with Crippen molar-refractivity contribution in [3.05, 3.63) is 47.5 Å². The first-order valence-electron chi connectivity index (χ1n) is 6.53. The Labute approximate surface area is 117 Å². The number of hydrogen-bond acceptors (Lipinski definition) is 0. The lowest BCUT2D eigenvalue weighted by atomic mass is 9.93. The molecule has 0 N–H and O–H groups in total. The van der Waals surface area contributed by atoms with Gasteiger partial charge in [0.25, 0.3) is 0 Å². The van der Waals surface area contributed by atoms with Gasteiger partial charge in [-0.25, -0.2) is 4.58 Å². The van der Waals surface area contributed by atoms with Gasteiger partial charge in [0, 0.05) is 23.5 Å². The summed E-state index contributed by atoms with van der Waals surface area (Å²) in [7, 11) is 0. The number of rotatable bonds is 3. The first-order valence-corrected chi connectivity index (χ1v) is 6.53. The van der Waals surface area contributed by atoms with Crippen LogP contribution in [0.3, 0.4) is 0 Å². The minimum Gasteiger partial charge on any atom is -1.00 e. The lowest BCUT2D eigenvalue weighted by Crippen LogP contribution is -3.00. The van der Waals surface area contributed by atoms with Crippen LogP contribution in [0.5, 0.6) is 0 Å². The highest BCUT2D eigenvalue weighted by atomic mass is 35.5. The van der Waals surface area contributed by atoms with Gasteiger partial charge in [0.2, 0.25) is 0 Å². The molecule has 98 valence electrons. The van der Waals surface area contributed by atoms with Crippen LogP contribution < -0.4 is 12.4 Å². The molecule has 2 atom stereocenters. The molecule has 0 spiro atoms. The third-order valence-electron chi connectivity index (χ3n) is 3.55. The first kappa shape index (κ1) is 15.0. The molecular formula is C16H22ClN. The molecule has 2 heteroatoms. The highest BCUT2D eigenvalue weighted by Gasteiger charge is 2.27. The fourth-order valence-corrected chi connectivity index (χ4v) is 2.79. The molecule has 1 nitrogen and oxygen atoms in total. The van der Waals surface area contributed by atoms with Crippen molar-refractivity contribution in [3.8, 4) is 0 Å². The van der Waals surface area contributed by atoms with Gasteiger partial charge in [-0.3, -0.25) is 0 Å². The van der Waals surface area contributed by atoms with Crippen molar-refractivity contribution in [2.75, 3.05) is 0 Å². The van der Waals surface area contributed by atoms with Crippen LogP contribution in [0, 0.1) is 5.92 Å². The quantitative estimate of drug-likeness (QED) is 0.705. The van der Waals surface area contributed by atoms with E-state index in [4.69, 9.17) is 0 Å². The van der Waals surface area contributed by atoms with Crippen LogP contribution in [0.25, 0.3) is 0 Å². The maximum absolute atomic E-state index is 2.50. The SMILES string of the molecule is CC[C@@H]1[C@@H](C)C=C(C)C=[N+]1Cc1ccccc1.[Cl-]. The monoisotopic (exact) mass is 263 g/mol. The number of allylic oxidation sites excluding steroid dienone is 1. The zero-order valence-corrected chi connectivity index (χ0v) is 12.2. The largest absolute Gasteiger partial charge is 1.00 e. The zero-order valence-electron chi connectivity index (χ0n) is 11.4. The fourth-order valence-electron chi connectivity index (χ4n) is 2.79. The van der Waals surface area contributed by atoms with Gasteiger partial charge in [0.1, 0.15) is 0 Å². The molecule has 0 aromatic heterocycles. The molecule has 0 fully saturated rings. The van der Waals surface area contributed by atoms with Crippen molar-refractivity contribution in [3.63, 3.8) is 0 Å². The molecule has 1 aromatic rings. The van der Waals surface area contributed by atoms with Crippen molar-refractivity contribution >= 4 is 6.21 Å². The van der Waals surface area contributed by atoms with E-state index in [0.717, 1.165) is 6.54 Å². The highest BCUT2D eigenvalue weighted by Crippen LogP contribution is 2.20. The molecule has 1 aliphatic rings. The summed E-state index contributed by atoms with van der Waals surface area (Å²) in [5.41, 5.74) is 2.78. The van der Waals surface area contributed by atoms with Crippen LogP contribution in [0.4, 0.5) is 0 Å². The average molecular weight is 264 g/mol. The maximum atomic E-state index is 2.50. The number of halogens is 1. The predicted molar refractivity (Wildman–Crippen MR) is 73.5 cm³/mol. The Morgan fingerprint density at radius 1 is 1.17 bits per heavy atom. The van der Waals surface area contributed by atoms with Gasteiger partial charge >= 0.3 is 0 Å². The van der Waals surface area contributed by atoms with E-state index >= 15 is 0 Å². The molecule has 0 bridgehead atoms. The van der Waals surface area contributed by atoms with Gasteiger partial charge in [-0.05, 0) is 6.92 Å². The average Bonchev–Trinajstić information content (AvgIpc) is 2.30. The van der Waals surface area contributed by atoms with Crippen LogP contribution in [0.15, 0.2) is 42.0 Å². The van der Waals surface area contributed by atoms with Crippen LogP contribution in [-0.4, -0.2) is 16.8 Å². The summed E-state index contributed by atoms with van der Waals surface area (Å²) >= 11 is 0. The molecule has 0 amide bonds. The molecule has 1 aliphatic heterocycles. The van der Waals surface area contributed by atoms with Crippen LogP contribution in [0.2, 0.25) is 0 Å². The minimum absolute atomic E-state index is 0. The van der Waals surface area contributed by atoms with Crippen molar-refractivity contribution in [1.29, 1.82) is 0 Å². The van der Waals surface area contributed by atoms with Gasteiger partial charge in [-0.15, -0.1) is 0 Å². The normalized spacial score (nSPS) is 22.8. The van der Waals surface area contributed by atoms with E-state index < -0.39 is 0 Å². The van der Waals surface area contributed by atoms with E-state index in [1.165, 1.54) is 17.6 Å². The summed E-state index contributed by atoms with van der Waals surface area (Å²) in [6.45, 7) is 7.82. The third kappa shape index (κ3) is 3.46. The zero-order chi connectivity index (χ0) is 12.3. The number of hydrogen-bond donors (Lipinski definition) is 0. The Morgan fingerprint density at radius 3 is 2.44 bits per heavy atom. The fraction of sp³-hybridized carbons (Fsp3) is 0.438. The smallest absolute Gasteiger partial charge is 0.168 e. The molecule has 0 saturated carbocycles. The second kappa shape index (κ2) is 6.75. The Hall–Kier alpha value is -1.08. The summed E-state index contributed by atoms with van der Waals surface area (Å²) < 4.78 is 2.50. The Morgan fingerprint density at radius 2 is 1.83 bits per heavy atom. The first-order chi connectivity index (χ1) is 8.20. The van der Waals surface area contributed by atoms with Crippen molar-refractivity contribution in [2.45, 2.75) is 39.8 Å². The van der Waals surface area contributed by atoms with Crippen molar-refractivity contribution < 1.29 is 17.0 Å². The van der Waals surface area contributed by atoms with Crippen LogP contribution >= 0.6 is 0 Å². The number of benzene rings is 1. The standard InChI is InChI=1S/C16H22N.ClH/c1-4-16-14(3)10-13(2)11-17(16)12-15-8-6-5-7-9-15;/h5-11,14,16H,4,12H2,1-3H3;1H/q+1;/p-1/t14-,16+;/m0./s1. The summed E-state index contributed by atoms with van der Waals surface area (Å²) in [6.07, 6.45) is 5.89. The highest BCUT2D eigenvalue weighted by molar-refractivity contribution is 5.74. The van der Waals surface area contributed by atoms with Gasteiger partial charge < -0.3 is 12.4 Å². The lowest BCUT2D eigenvalue weighted by Gasteiger charge is -2.22. The van der Waals surface area contributed by atoms with Gasteiger partial charge in [0.15, 0.2) is 18.8 Å². The summed E-state index contributed by atoms with van der Waals surface area (Å²) in [6, 6.07) is 11.4. The van der Waals surface area contributed by atoms with E-state index in [9.17, 15) is 0 Å². The van der Waals surface area contributed by atoms with Crippen molar-refractivity contribution in [1.82, 2.24) is 0 Å². The molecule has 2 rings (SSSR count). The van der Waals surface area contributed by atoms with Crippen molar-refractivity contribution in [2.24, 2.45) is 5.92 Å². The summed E-state index contributed by atoms with van der Waals surface area (Å²) in [5, 5.41) is 0. The van der Waals surface area contributed by atoms with Crippen LogP contribution in [0.1, 0.15) is 32.8 Å². The molecule has 0 radical (unpaired) electrons. The molecule has 1 aromatic carbocycles. The van der Waals surface area contributed by atoms with E-state index in [2.05, 4.69) is 68.0 Å².